The molecule has 0 aromatic heterocycles. The number of piperazine rings is 1. The van der Waals surface area contributed by atoms with E-state index in [1.807, 2.05) is 30.0 Å². The third-order valence-corrected chi connectivity index (χ3v) is 4.10. The lowest BCUT2D eigenvalue weighted by Crippen LogP contribution is -2.53. The molecule has 23 heavy (non-hydrogen) atoms. The molecule has 1 atom stereocenters. The monoisotopic (exact) mass is 315 g/mol. The molecule has 1 heterocycles. The molecule has 0 radical (unpaired) electrons. The Morgan fingerprint density at radius 1 is 1.35 bits per heavy atom. The van der Waals surface area contributed by atoms with Crippen molar-refractivity contribution in [2.45, 2.75) is 32.4 Å². The summed E-state index contributed by atoms with van der Waals surface area (Å²) in [5, 5.41) is 9.44. The van der Waals surface area contributed by atoms with E-state index in [0.717, 1.165) is 19.5 Å². The first-order valence-corrected chi connectivity index (χ1v) is 8.27. The molecule has 5 nitrogen and oxygen atoms in total. The van der Waals surface area contributed by atoms with Gasteiger partial charge in [-0.05, 0) is 18.9 Å². The number of carbonyl (C=O) groups excluding carboxylic acids is 1. The van der Waals surface area contributed by atoms with E-state index in [0.29, 0.717) is 32.7 Å². The second kappa shape index (κ2) is 9.29. The molecule has 1 aromatic carbocycles. The SMILES string of the molecule is CCOCCCC(=O)N1CCN(Cc2ccccc2)[C@H](C#N)C1. The highest BCUT2D eigenvalue weighted by atomic mass is 16.5. The Hall–Kier alpha value is -1.90. The summed E-state index contributed by atoms with van der Waals surface area (Å²) in [6, 6.07) is 12.3. The summed E-state index contributed by atoms with van der Waals surface area (Å²) >= 11 is 0. The lowest BCUT2D eigenvalue weighted by atomic mass is 10.1. The number of hydrogen-bond donors (Lipinski definition) is 0. The summed E-state index contributed by atoms with van der Waals surface area (Å²) in [7, 11) is 0. The van der Waals surface area contributed by atoms with Gasteiger partial charge in [-0.25, -0.2) is 0 Å². The predicted molar refractivity (Wildman–Crippen MR) is 88.6 cm³/mol. The van der Waals surface area contributed by atoms with Crippen LogP contribution in [0, 0.1) is 11.3 Å². The molecule has 0 aliphatic carbocycles. The highest BCUT2D eigenvalue weighted by molar-refractivity contribution is 5.76. The molecule has 2 rings (SSSR count). The van der Waals surface area contributed by atoms with Crippen molar-refractivity contribution in [3.8, 4) is 6.07 Å². The van der Waals surface area contributed by atoms with Gasteiger partial charge in [-0.2, -0.15) is 5.26 Å². The Bertz CT molecular complexity index is 527. The third kappa shape index (κ3) is 5.34. The molecule has 1 saturated heterocycles. The van der Waals surface area contributed by atoms with Gasteiger partial charge >= 0.3 is 0 Å². The van der Waals surface area contributed by atoms with Crippen molar-refractivity contribution in [3.63, 3.8) is 0 Å². The molecule has 1 aliphatic heterocycles. The van der Waals surface area contributed by atoms with Crippen LogP contribution >= 0.6 is 0 Å². The average Bonchev–Trinajstić information content (AvgIpc) is 2.59. The van der Waals surface area contributed by atoms with Gasteiger partial charge in [-0.3, -0.25) is 9.69 Å². The maximum absolute atomic E-state index is 12.2. The maximum Gasteiger partial charge on any atom is 0.222 e. The fourth-order valence-electron chi connectivity index (χ4n) is 2.80. The number of benzene rings is 1. The number of nitriles is 1. The molecule has 1 amide bonds. The van der Waals surface area contributed by atoms with Crippen LogP contribution in [0.5, 0.6) is 0 Å². The molecule has 1 aliphatic rings. The Balaban J connectivity index is 1.84. The first-order chi connectivity index (χ1) is 11.2. The lowest BCUT2D eigenvalue weighted by Gasteiger charge is -2.38. The van der Waals surface area contributed by atoms with Crippen LogP contribution in [0.4, 0.5) is 0 Å². The Morgan fingerprint density at radius 3 is 2.83 bits per heavy atom. The quantitative estimate of drug-likeness (QED) is 0.723. The fraction of sp³-hybridized carbons (Fsp3) is 0.556. The minimum Gasteiger partial charge on any atom is -0.382 e. The van der Waals surface area contributed by atoms with Gasteiger partial charge in [0, 0.05) is 45.8 Å². The van der Waals surface area contributed by atoms with Crippen LogP contribution in [0.3, 0.4) is 0 Å². The third-order valence-electron chi connectivity index (χ3n) is 4.10. The summed E-state index contributed by atoms with van der Waals surface area (Å²) in [6.45, 7) is 5.94. The minimum atomic E-state index is -0.236. The number of carbonyl (C=O) groups is 1. The molecular weight excluding hydrogens is 290 g/mol. The molecule has 124 valence electrons. The number of rotatable bonds is 7. The first kappa shape index (κ1) is 17.5. The second-order valence-corrected chi connectivity index (χ2v) is 5.74. The Kier molecular flexibility index (Phi) is 7.05. The maximum atomic E-state index is 12.2. The van der Waals surface area contributed by atoms with Gasteiger partial charge in [0.05, 0.1) is 6.07 Å². The van der Waals surface area contributed by atoms with Crippen molar-refractivity contribution >= 4 is 5.91 Å². The summed E-state index contributed by atoms with van der Waals surface area (Å²) in [5.41, 5.74) is 1.20. The number of nitrogens with zero attached hydrogens (tertiary/aromatic N) is 3. The molecule has 0 spiro atoms. The van der Waals surface area contributed by atoms with Gasteiger partial charge in [-0.1, -0.05) is 30.3 Å². The van der Waals surface area contributed by atoms with E-state index < -0.39 is 0 Å². The molecule has 1 fully saturated rings. The zero-order valence-corrected chi connectivity index (χ0v) is 13.8. The van der Waals surface area contributed by atoms with Crippen molar-refractivity contribution in [2.75, 3.05) is 32.8 Å². The molecular formula is C18H25N3O2. The van der Waals surface area contributed by atoms with Crippen molar-refractivity contribution in [1.29, 1.82) is 5.26 Å². The van der Waals surface area contributed by atoms with Crippen LogP contribution in [-0.4, -0.2) is 54.6 Å². The highest BCUT2D eigenvalue weighted by Gasteiger charge is 2.29. The fourth-order valence-corrected chi connectivity index (χ4v) is 2.80. The number of amides is 1. The normalized spacial score (nSPS) is 18.6. The Labute approximate surface area is 138 Å². The second-order valence-electron chi connectivity index (χ2n) is 5.74. The van der Waals surface area contributed by atoms with Crippen LogP contribution in [0.25, 0.3) is 0 Å². The molecule has 5 heteroatoms. The molecule has 0 N–H and O–H groups in total. The summed E-state index contributed by atoms with van der Waals surface area (Å²) in [6.07, 6.45) is 1.24. The Morgan fingerprint density at radius 2 is 2.13 bits per heavy atom. The topological polar surface area (TPSA) is 56.6 Å². The molecule has 1 aromatic rings. The molecule has 0 bridgehead atoms. The predicted octanol–water partition coefficient (Wildman–Crippen LogP) is 2.04. The molecule has 0 unspecified atom stereocenters. The van der Waals surface area contributed by atoms with Gasteiger partial charge in [0.2, 0.25) is 5.91 Å². The lowest BCUT2D eigenvalue weighted by molar-refractivity contribution is -0.134. The molecule has 0 saturated carbocycles. The van der Waals surface area contributed by atoms with Gasteiger partial charge in [0.1, 0.15) is 6.04 Å². The largest absolute Gasteiger partial charge is 0.382 e. The van der Waals surface area contributed by atoms with E-state index in [1.165, 1.54) is 5.56 Å². The van der Waals surface area contributed by atoms with E-state index in [-0.39, 0.29) is 11.9 Å². The van der Waals surface area contributed by atoms with E-state index in [2.05, 4.69) is 23.1 Å². The number of hydrogen-bond acceptors (Lipinski definition) is 4. The van der Waals surface area contributed by atoms with Crippen LogP contribution < -0.4 is 0 Å². The zero-order chi connectivity index (χ0) is 16.5. The zero-order valence-electron chi connectivity index (χ0n) is 13.8. The average molecular weight is 315 g/mol. The van der Waals surface area contributed by atoms with Crippen molar-refractivity contribution < 1.29 is 9.53 Å². The van der Waals surface area contributed by atoms with Gasteiger partial charge in [0.15, 0.2) is 0 Å². The summed E-state index contributed by atoms with van der Waals surface area (Å²) in [5.74, 6) is 0.129. The number of ether oxygens (including phenoxy) is 1. The van der Waals surface area contributed by atoms with Crippen molar-refractivity contribution in [3.05, 3.63) is 35.9 Å². The van der Waals surface area contributed by atoms with Crippen molar-refractivity contribution in [2.24, 2.45) is 0 Å². The van der Waals surface area contributed by atoms with Gasteiger partial charge in [-0.15, -0.1) is 0 Å². The standard InChI is InChI=1S/C18H25N3O2/c1-2-23-12-6-9-18(22)21-11-10-20(17(13-19)15-21)14-16-7-4-3-5-8-16/h3-5,7-8,17H,2,6,9-12,14-15H2,1H3/t17-/m1/s1. The van der Waals surface area contributed by atoms with E-state index in [9.17, 15) is 10.1 Å². The van der Waals surface area contributed by atoms with Crippen molar-refractivity contribution in [1.82, 2.24) is 9.80 Å². The first-order valence-electron chi connectivity index (χ1n) is 8.27. The van der Waals surface area contributed by atoms with Gasteiger partial charge < -0.3 is 9.64 Å². The van der Waals surface area contributed by atoms with Crippen LogP contribution in [-0.2, 0) is 16.1 Å². The van der Waals surface area contributed by atoms with E-state index in [4.69, 9.17) is 4.74 Å². The van der Waals surface area contributed by atoms with E-state index in [1.54, 1.807) is 0 Å². The highest BCUT2D eigenvalue weighted by Crippen LogP contribution is 2.15. The summed E-state index contributed by atoms with van der Waals surface area (Å²) < 4.78 is 5.27. The smallest absolute Gasteiger partial charge is 0.222 e. The van der Waals surface area contributed by atoms with Crippen LogP contribution in [0.1, 0.15) is 25.3 Å². The van der Waals surface area contributed by atoms with E-state index >= 15 is 0 Å². The minimum absolute atomic E-state index is 0.129. The van der Waals surface area contributed by atoms with Crippen LogP contribution in [0.2, 0.25) is 0 Å². The van der Waals surface area contributed by atoms with Crippen LogP contribution in [0.15, 0.2) is 30.3 Å². The summed E-state index contributed by atoms with van der Waals surface area (Å²) in [4.78, 5) is 16.2. The van der Waals surface area contributed by atoms with Gasteiger partial charge in [0.25, 0.3) is 0 Å².